The molecule has 0 heterocycles. The van der Waals surface area contributed by atoms with E-state index in [1.807, 2.05) is 38.1 Å². The monoisotopic (exact) mass is 351 g/mol. The van der Waals surface area contributed by atoms with Gasteiger partial charge in [0.2, 0.25) is 0 Å². The first kappa shape index (κ1) is 16.0. The molecule has 1 unspecified atom stereocenters. The molecule has 0 aliphatic carbocycles. The second-order valence-electron chi connectivity index (χ2n) is 4.81. The molecule has 0 aromatic heterocycles. The van der Waals surface area contributed by atoms with Gasteiger partial charge in [0, 0.05) is 28.2 Å². The predicted octanol–water partition coefficient (Wildman–Crippen LogP) is 4.84. The van der Waals surface area contributed by atoms with Crippen molar-refractivity contribution in [3.63, 3.8) is 0 Å². The molecule has 21 heavy (non-hydrogen) atoms. The molecule has 1 N–H and O–H groups in total. The highest BCUT2D eigenvalue weighted by molar-refractivity contribution is 9.10. The van der Waals surface area contributed by atoms with Crippen LogP contribution in [-0.4, -0.2) is 6.61 Å². The lowest BCUT2D eigenvalue weighted by Gasteiger charge is -2.18. The van der Waals surface area contributed by atoms with Crippen molar-refractivity contribution in [1.82, 2.24) is 5.32 Å². The Bertz CT molecular complexity index is 603. The molecule has 0 aliphatic rings. The summed E-state index contributed by atoms with van der Waals surface area (Å²) in [4.78, 5) is 0. The number of para-hydroxylation sites is 1. The topological polar surface area (TPSA) is 21.3 Å². The fourth-order valence-corrected chi connectivity index (χ4v) is 2.59. The number of benzene rings is 2. The van der Waals surface area contributed by atoms with Gasteiger partial charge >= 0.3 is 0 Å². The summed E-state index contributed by atoms with van der Waals surface area (Å²) in [6, 6.07) is 13.0. The van der Waals surface area contributed by atoms with Crippen LogP contribution in [0.25, 0.3) is 0 Å². The fourth-order valence-electron chi connectivity index (χ4n) is 2.18. The Morgan fingerprint density at radius 3 is 2.76 bits per heavy atom. The molecule has 2 nitrogen and oxygen atoms in total. The molecule has 0 spiro atoms. The van der Waals surface area contributed by atoms with E-state index in [-0.39, 0.29) is 11.9 Å². The van der Waals surface area contributed by atoms with E-state index in [4.69, 9.17) is 4.74 Å². The molecule has 0 fully saturated rings. The Hall–Kier alpha value is -1.39. The highest BCUT2D eigenvalue weighted by Crippen LogP contribution is 2.25. The summed E-state index contributed by atoms with van der Waals surface area (Å²) in [7, 11) is 0. The quantitative estimate of drug-likeness (QED) is 0.803. The first-order valence-electron chi connectivity index (χ1n) is 7.01. The molecule has 112 valence electrons. The van der Waals surface area contributed by atoms with E-state index < -0.39 is 0 Å². The Morgan fingerprint density at radius 1 is 1.24 bits per heavy atom. The highest BCUT2D eigenvalue weighted by atomic mass is 79.9. The van der Waals surface area contributed by atoms with Crippen LogP contribution in [0.15, 0.2) is 46.9 Å². The third-order valence-electron chi connectivity index (χ3n) is 3.29. The van der Waals surface area contributed by atoms with E-state index in [1.165, 1.54) is 6.07 Å². The summed E-state index contributed by atoms with van der Waals surface area (Å²) in [5.74, 6) is 0.672. The Labute approximate surface area is 133 Å². The van der Waals surface area contributed by atoms with E-state index in [2.05, 4.69) is 21.2 Å². The first-order chi connectivity index (χ1) is 10.1. The van der Waals surface area contributed by atoms with Gasteiger partial charge in [-0.2, -0.15) is 0 Å². The van der Waals surface area contributed by atoms with Gasteiger partial charge in [0.05, 0.1) is 6.61 Å². The van der Waals surface area contributed by atoms with Gasteiger partial charge in [-0.25, -0.2) is 4.39 Å². The minimum atomic E-state index is -0.198. The molecule has 2 rings (SSSR count). The number of ether oxygens (including phenoxy) is 1. The first-order valence-corrected chi connectivity index (χ1v) is 7.80. The molecule has 2 aromatic carbocycles. The van der Waals surface area contributed by atoms with Gasteiger partial charge in [0.1, 0.15) is 11.6 Å². The summed E-state index contributed by atoms with van der Waals surface area (Å²) in [5.41, 5.74) is 1.72. The van der Waals surface area contributed by atoms with Crippen LogP contribution in [0.5, 0.6) is 5.75 Å². The Kier molecular flexibility index (Phi) is 5.76. The highest BCUT2D eigenvalue weighted by Gasteiger charge is 2.11. The lowest BCUT2D eigenvalue weighted by atomic mass is 10.1. The van der Waals surface area contributed by atoms with Gasteiger partial charge in [0.25, 0.3) is 0 Å². The van der Waals surface area contributed by atoms with E-state index in [1.54, 1.807) is 12.1 Å². The summed E-state index contributed by atoms with van der Waals surface area (Å²) in [6.45, 7) is 5.11. The van der Waals surface area contributed by atoms with Crippen molar-refractivity contribution in [2.45, 2.75) is 26.4 Å². The van der Waals surface area contributed by atoms with Crippen LogP contribution in [0.2, 0.25) is 0 Å². The van der Waals surface area contributed by atoms with Crippen LogP contribution in [0.1, 0.15) is 31.0 Å². The Balaban J connectivity index is 2.08. The smallest absolute Gasteiger partial charge is 0.127 e. The minimum Gasteiger partial charge on any atom is -0.494 e. The molecular formula is C17H19BrFNO. The van der Waals surface area contributed by atoms with Gasteiger partial charge in [-0.3, -0.25) is 0 Å². The zero-order chi connectivity index (χ0) is 15.2. The van der Waals surface area contributed by atoms with Crippen LogP contribution in [0.4, 0.5) is 4.39 Å². The predicted molar refractivity (Wildman–Crippen MR) is 87.0 cm³/mol. The van der Waals surface area contributed by atoms with Gasteiger partial charge in [-0.05, 0) is 38.1 Å². The SMILES string of the molecule is CCOc1ccccc1C(C)NCc1cc(Br)ccc1F. The van der Waals surface area contributed by atoms with Crippen molar-refractivity contribution in [3.05, 3.63) is 63.9 Å². The van der Waals surface area contributed by atoms with E-state index in [9.17, 15) is 4.39 Å². The lowest BCUT2D eigenvalue weighted by Crippen LogP contribution is -2.19. The van der Waals surface area contributed by atoms with Crippen LogP contribution in [0, 0.1) is 5.82 Å². The molecule has 1 atom stereocenters. The summed E-state index contributed by atoms with van der Waals surface area (Å²) in [6.07, 6.45) is 0. The largest absolute Gasteiger partial charge is 0.494 e. The molecule has 0 bridgehead atoms. The zero-order valence-electron chi connectivity index (χ0n) is 12.2. The molecule has 0 radical (unpaired) electrons. The second kappa shape index (κ2) is 7.57. The molecule has 0 amide bonds. The standard InChI is InChI=1S/C17H19BrFNO/c1-3-21-17-7-5-4-6-15(17)12(2)20-11-13-10-14(18)8-9-16(13)19/h4-10,12,20H,3,11H2,1-2H3. The zero-order valence-corrected chi connectivity index (χ0v) is 13.8. The van der Waals surface area contributed by atoms with Gasteiger partial charge in [-0.15, -0.1) is 0 Å². The average molecular weight is 352 g/mol. The van der Waals surface area contributed by atoms with E-state index >= 15 is 0 Å². The van der Waals surface area contributed by atoms with E-state index in [0.29, 0.717) is 18.7 Å². The van der Waals surface area contributed by atoms with E-state index in [0.717, 1.165) is 15.8 Å². The second-order valence-corrected chi connectivity index (χ2v) is 5.72. The van der Waals surface area contributed by atoms with Crippen LogP contribution >= 0.6 is 15.9 Å². The molecular weight excluding hydrogens is 333 g/mol. The van der Waals surface area contributed by atoms with Crippen molar-refractivity contribution in [3.8, 4) is 5.75 Å². The van der Waals surface area contributed by atoms with Crippen LogP contribution < -0.4 is 10.1 Å². The minimum absolute atomic E-state index is 0.0751. The molecule has 2 aromatic rings. The third kappa shape index (κ3) is 4.29. The molecule has 0 aliphatic heterocycles. The lowest BCUT2D eigenvalue weighted by molar-refractivity contribution is 0.332. The summed E-state index contributed by atoms with van der Waals surface area (Å²) < 4.78 is 20.2. The maximum Gasteiger partial charge on any atom is 0.127 e. The van der Waals surface area contributed by atoms with Gasteiger partial charge in [0.15, 0.2) is 0 Å². The van der Waals surface area contributed by atoms with Gasteiger partial charge < -0.3 is 10.1 Å². The number of hydrogen-bond donors (Lipinski definition) is 1. The van der Waals surface area contributed by atoms with Crippen molar-refractivity contribution in [1.29, 1.82) is 0 Å². The summed E-state index contributed by atoms with van der Waals surface area (Å²) in [5, 5.41) is 3.34. The summed E-state index contributed by atoms with van der Waals surface area (Å²) >= 11 is 3.37. The number of hydrogen-bond acceptors (Lipinski definition) is 2. The average Bonchev–Trinajstić information content (AvgIpc) is 2.49. The third-order valence-corrected chi connectivity index (χ3v) is 3.79. The number of halogens is 2. The maximum absolute atomic E-state index is 13.7. The molecule has 0 saturated carbocycles. The van der Waals surface area contributed by atoms with Crippen molar-refractivity contribution < 1.29 is 9.13 Å². The molecule has 0 saturated heterocycles. The number of rotatable bonds is 6. The maximum atomic E-state index is 13.7. The van der Waals surface area contributed by atoms with Crippen molar-refractivity contribution in [2.75, 3.05) is 6.61 Å². The van der Waals surface area contributed by atoms with Crippen molar-refractivity contribution in [2.24, 2.45) is 0 Å². The van der Waals surface area contributed by atoms with Crippen molar-refractivity contribution >= 4 is 15.9 Å². The normalized spacial score (nSPS) is 12.2. The number of nitrogens with one attached hydrogen (secondary N) is 1. The van der Waals surface area contributed by atoms with Crippen LogP contribution in [0.3, 0.4) is 0 Å². The van der Waals surface area contributed by atoms with Crippen LogP contribution in [-0.2, 0) is 6.54 Å². The fraction of sp³-hybridized carbons (Fsp3) is 0.294. The Morgan fingerprint density at radius 2 is 2.00 bits per heavy atom. The van der Waals surface area contributed by atoms with Gasteiger partial charge in [-0.1, -0.05) is 34.1 Å². The molecule has 4 heteroatoms.